The quantitative estimate of drug-likeness (QED) is 0.421. The highest BCUT2D eigenvalue weighted by molar-refractivity contribution is 6.34. The van der Waals surface area contributed by atoms with E-state index in [4.69, 9.17) is 22.6 Å². The van der Waals surface area contributed by atoms with Crippen LogP contribution in [0.4, 0.5) is 11.4 Å². The highest BCUT2D eigenvalue weighted by Crippen LogP contribution is 2.28. The fraction of sp³-hybridized carbons (Fsp3) is 0. The number of hydrogen-bond donors (Lipinski definition) is 1. The Morgan fingerprint density at radius 2 is 2.23 bits per heavy atom. The molecule has 13 heavy (non-hydrogen) atoms. The summed E-state index contributed by atoms with van der Waals surface area (Å²) in [6.45, 7) is 0. The Kier molecular flexibility index (Phi) is 2.35. The van der Waals surface area contributed by atoms with Crippen LogP contribution in [0.5, 0.6) is 0 Å². The number of hydrogen-bond acceptors (Lipinski definition) is 4. The molecule has 0 radical (unpaired) electrons. The van der Waals surface area contributed by atoms with Crippen LogP contribution in [0.3, 0.4) is 0 Å². The molecule has 0 bridgehead atoms. The van der Waals surface area contributed by atoms with Crippen molar-refractivity contribution in [3.8, 4) is 6.07 Å². The van der Waals surface area contributed by atoms with E-state index in [9.17, 15) is 10.1 Å². The van der Waals surface area contributed by atoms with Gasteiger partial charge in [0.2, 0.25) is 0 Å². The van der Waals surface area contributed by atoms with Gasteiger partial charge in [0.1, 0.15) is 6.07 Å². The lowest BCUT2D eigenvalue weighted by Crippen LogP contribution is -1.94. The Morgan fingerprint density at radius 3 is 2.69 bits per heavy atom. The van der Waals surface area contributed by atoms with Crippen LogP contribution in [0.1, 0.15) is 5.56 Å². The third-order valence-electron chi connectivity index (χ3n) is 1.42. The molecule has 1 aromatic rings. The summed E-state index contributed by atoms with van der Waals surface area (Å²) >= 11 is 5.60. The summed E-state index contributed by atoms with van der Waals surface area (Å²) in [5.41, 5.74) is 5.15. The van der Waals surface area contributed by atoms with E-state index in [2.05, 4.69) is 0 Å². The second kappa shape index (κ2) is 3.29. The van der Waals surface area contributed by atoms with E-state index in [0.29, 0.717) is 0 Å². The molecule has 0 saturated heterocycles. The maximum Gasteiger partial charge on any atom is 0.272 e. The average molecular weight is 198 g/mol. The zero-order chi connectivity index (χ0) is 10.0. The SMILES string of the molecule is N#Cc1cc([N+](=O)[O-])cc(N)c1Cl. The number of nitriles is 1. The minimum absolute atomic E-state index is 0.00775. The lowest BCUT2D eigenvalue weighted by atomic mass is 10.2. The Balaban J connectivity index is 3.41. The minimum Gasteiger partial charge on any atom is -0.397 e. The van der Waals surface area contributed by atoms with Crippen molar-refractivity contribution in [3.05, 3.63) is 32.8 Å². The minimum atomic E-state index is -0.631. The van der Waals surface area contributed by atoms with Gasteiger partial charge >= 0.3 is 0 Å². The Hall–Kier alpha value is -1.80. The van der Waals surface area contributed by atoms with Gasteiger partial charge in [-0.1, -0.05) is 11.6 Å². The molecule has 0 unspecified atom stereocenters. The maximum absolute atomic E-state index is 10.3. The number of nitrogens with zero attached hydrogens (tertiary/aromatic N) is 2. The van der Waals surface area contributed by atoms with Gasteiger partial charge in [0.15, 0.2) is 0 Å². The molecule has 0 aliphatic carbocycles. The summed E-state index contributed by atoms with van der Waals surface area (Å²) in [4.78, 5) is 9.70. The number of rotatable bonds is 1. The van der Waals surface area contributed by atoms with Crippen molar-refractivity contribution in [2.24, 2.45) is 0 Å². The van der Waals surface area contributed by atoms with Gasteiger partial charge in [-0.3, -0.25) is 10.1 Å². The molecule has 66 valence electrons. The lowest BCUT2D eigenvalue weighted by Gasteiger charge is -1.99. The third-order valence-corrected chi connectivity index (χ3v) is 1.84. The molecule has 0 spiro atoms. The average Bonchev–Trinajstić information content (AvgIpc) is 2.09. The van der Waals surface area contributed by atoms with Crippen LogP contribution in [-0.4, -0.2) is 4.92 Å². The van der Waals surface area contributed by atoms with Crippen molar-refractivity contribution < 1.29 is 4.92 Å². The molecule has 1 rings (SSSR count). The fourth-order valence-electron chi connectivity index (χ4n) is 0.818. The van der Waals surface area contributed by atoms with E-state index in [1.54, 1.807) is 6.07 Å². The highest BCUT2D eigenvalue weighted by atomic mass is 35.5. The van der Waals surface area contributed by atoms with Gasteiger partial charge in [0.25, 0.3) is 5.69 Å². The van der Waals surface area contributed by atoms with Gasteiger partial charge in [-0.15, -0.1) is 0 Å². The topological polar surface area (TPSA) is 92.9 Å². The lowest BCUT2D eigenvalue weighted by molar-refractivity contribution is -0.384. The van der Waals surface area contributed by atoms with E-state index < -0.39 is 4.92 Å². The van der Waals surface area contributed by atoms with Crippen molar-refractivity contribution >= 4 is 23.0 Å². The number of non-ortho nitro benzene ring substituents is 1. The van der Waals surface area contributed by atoms with Crippen LogP contribution in [0.2, 0.25) is 5.02 Å². The van der Waals surface area contributed by atoms with Gasteiger partial charge in [0, 0.05) is 12.1 Å². The highest BCUT2D eigenvalue weighted by Gasteiger charge is 2.12. The second-order valence-electron chi connectivity index (χ2n) is 2.27. The number of nitro groups is 1. The van der Waals surface area contributed by atoms with E-state index >= 15 is 0 Å². The molecule has 0 saturated carbocycles. The first-order valence-corrected chi connectivity index (χ1v) is 3.57. The summed E-state index contributed by atoms with van der Waals surface area (Å²) < 4.78 is 0. The van der Waals surface area contributed by atoms with Crippen LogP contribution in [0.25, 0.3) is 0 Å². The van der Waals surface area contributed by atoms with E-state index in [1.165, 1.54) is 0 Å². The van der Waals surface area contributed by atoms with Crippen LogP contribution in [0.15, 0.2) is 12.1 Å². The first-order chi connectivity index (χ1) is 6.06. The van der Waals surface area contributed by atoms with Gasteiger partial charge in [0.05, 0.1) is 21.2 Å². The molecule has 0 amide bonds. The number of anilines is 1. The number of nitro benzene ring substituents is 1. The van der Waals surface area contributed by atoms with Crippen molar-refractivity contribution in [2.75, 3.05) is 5.73 Å². The molecule has 0 aromatic heterocycles. The summed E-state index contributed by atoms with van der Waals surface area (Å²) in [5, 5.41) is 18.9. The van der Waals surface area contributed by atoms with Gasteiger partial charge < -0.3 is 5.73 Å². The Bertz CT molecular complexity index is 411. The van der Waals surface area contributed by atoms with E-state index in [-0.39, 0.29) is 22.0 Å². The normalized spacial score (nSPS) is 9.23. The number of benzene rings is 1. The van der Waals surface area contributed by atoms with Crippen molar-refractivity contribution in [1.82, 2.24) is 0 Å². The number of nitrogen functional groups attached to an aromatic ring is 1. The van der Waals surface area contributed by atoms with E-state index in [1.807, 2.05) is 0 Å². The summed E-state index contributed by atoms with van der Waals surface area (Å²) in [5.74, 6) is 0. The molecule has 0 fully saturated rings. The predicted octanol–water partition coefficient (Wildman–Crippen LogP) is 1.70. The molecule has 2 N–H and O–H groups in total. The molecule has 0 atom stereocenters. The summed E-state index contributed by atoms with van der Waals surface area (Å²) in [6, 6.07) is 3.91. The second-order valence-corrected chi connectivity index (χ2v) is 2.64. The molecule has 0 aliphatic heterocycles. The molecule has 1 aromatic carbocycles. The number of halogens is 1. The molecular weight excluding hydrogens is 194 g/mol. The predicted molar refractivity (Wildman–Crippen MR) is 47.2 cm³/mol. The molecule has 5 nitrogen and oxygen atoms in total. The van der Waals surface area contributed by atoms with Crippen molar-refractivity contribution in [2.45, 2.75) is 0 Å². The van der Waals surface area contributed by atoms with Gasteiger partial charge in [-0.2, -0.15) is 5.26 Å². The smallest absolute Gasteiger partial charge is 0.272 e. The molecule has 0 heterocycles. The number of nitrogens with two attached hydrogens (primary N) is 1. The largest absolute Gasteiger partial charge is 0.397 e. The Morgan fingerprint density at radius 1 is 1.62 bits per heavy atom. The monoisotopic (exact) mass is 197 g/mol. The third kappa shape index (κ3) is 1.68. The van der Waals surface area contributed by atoms with Crippen LogP contribution < -0.4 is 5.73 Å². The first kappa shape index (κ1) is 9.29. The molecular formula is C7H4ClN3O2. The van der Waals surface area contributed by atoms with Crippen LogP contribution >= 0.6 is 11.6 Å². The van der Waals surface area contributed by atoms with Crippen molar-refractivity contribution in [1.29, 1.82) is 5.26 Å². The maximum atomic E-state index is 10.3. The fourth-order valence-corrected chi connectivity index (χ4v) is 0.969. The molecule has 0 aliphatic rings. The zero-order valence-corrected chi connectivity index (χ0v) is 7.08. The van der Waals surface area contributed by atoms with Crippen LogP contribution in [-0.2, 0) is 0 Å². The van der Waals surface area contributed by atoms with Gasteiger partial charge in [-0.05, 0) is 0 Å². The summed E-state index contributed by atoms with van der Waals surface area (Å²) in [6.07, 6.45) is 0. The van der Waals surface area contributed by atoms with Gasteiger partial charge in [-0.25, -0.2) is 0 Å². The first-order valence-electron chi connectivity index (χ1n) is 3.19. The summed E-state index contributed by atoms with van der Waals surface area (Å²) in [7, 11) is 0. The molecule has 6 heteroatoms. The van der Waals surface area contributed by atoms with Crippen LogP contribution in [0, 0.1) is 21.4 Å². The van der Waals surface area contributed by atoms with Crippen molar-refractivity contribution in [3.63, 3.8) is 0 Å². The standard InChI is InChI=1S/C7H4ClN3O2/c8-7-4(3-9)1-5(11(12)13)2-6(7)10/h1-2H,10H2. The Labute approximate surface area is 78.5 Å². The zero-order valence-electron chi connectivity index (χ0n) is 6.32. The van der Waals surface area contributed by atoms with E-state index in [0.717, 1.165) is 12.1 Å².